The smallest absolute Gasteiger partial charge is 0.167 e. The highest BCUT2D eigenvalue weighted by molar-refractivity contribution is 7.26. The molecule has 0 spiro atoms. The number of nitrogens with zero attached hydrogens (tertiary/aromatic N) is 3. The standard InChI is InChI=1S/C45H27N3OS/c1-4-13-28(14-5-1)32-26-36(41-34-19-10-11-22-39(34)50-40(41)27-32)31-23-24-38-37(25-31)33-20-12-21-35(42(33)49-38)45-47-43(29-15-6-2-7-16-29)46-44(48-45)30-17-8-3-9-18-30/h1-27H/i1D,2D,3D,4D,5D,6D,7D,8D,9D,10D,11D,12D,13D,14D,15D,16D,17D,18D,19D,20D,21D,22D,23D,24D,25D,26D,27D. The number of rotatable bonds is 5. The summed E-state index contributed by atoms with van der Waals surface area (Å²) in [5, 5.41) is -1.76. The van der Waals surface area contributed by atoms with Crippen molar-refractivity contribution in [3.63, 3.8) is 0 Å². The molecule has 3 aromatic heterocycles. The lowest BCUT2D eigenvalue weighted by molar-refractivity contribution is 0.669. The summed E-state index contributed by atoms with van der Waals surface area (Å²) in [7, 11) is 0. The highest BCUT2D eigenvalue weighted by Crippen LogP contribution is 2.44. The van der Waals surface area contributed by atoms with Gasteiger partial charge in [-0.2, -0.15) is 0 Å². The Morgan fingerprint density at radius 2 is 1.04 bits per heavy atom. The van der Waals surface area contributed by atoms with Crippen molar-refractivity contribution >= 4 is 53.4 Å². The number of fused-ring (bicyclic) bond motifs is 6. The third kappa shape index (κ3) is 4.79. The Kier molecular flexibility index (Phi) is 2.90. The van der Waals surface area contributed by atoms with Crippen molar-refractivity contribution in [2.24, 2.45) is 0 Å². The molecule has 0 amide bonds. The van der Waals surface area contributed by atoms with Gasteiger partial charge in [0.15, 0.2) is 17.5 Å². The molecule has 0 unspecified atom stereocenters. The van der Waals surface area contributed by atoms with E-state index in [1.165, 1.54) is 0 Å². The minimum Gasteiger partial charge on any atom is -0.455 e. The molecule has 0 saturated carbocycles. The minimum absolute atomic E-state index is 0.180. The van der Waals surface area contributed by atoms with Crippen molar-refractivity contribution < 1.29 is 41.4 Å². The van der Waals surface area contributed by atoms with Crippen LogP contribution in [0.5, 0.6) is 0 Å². The fourth-order valence-electron chi connectivity index (χ4n) is 5.31. The second kappa shape index (κ2) is 11.6. The van der Waals surface area contributed by atoms with Gasteiger partial charge in [-0.3, -0.25) is 0 Å². The van der Waals surface area contributed by atoms with Crippen molar-refractivity contribution in [3.05, 3.63) is 163 Å². The Morgan fingerprint density at radius 3 is 1.76 bits per heavy atom. The average Bonchev–Trinajstić information content (AvgIpc) is 4.00. The zero-order valence-corrected chi connectivity index (χ0v) is 25.5. The number of benzene rings is 7. The van der Waals surface area contributed by atoms with Gasteiger partial charge in [0, 0.05) is 42.1 Å². The molecule has 0 aliphatic heterocycles. The van der Waals surface area contributed by atoms with E-state index in [0.717, 1.165) is 0 Å². The van der Waals surface area contributed by atoms with Gasteiger partial charge in [0.05, 0.1) is 42.6 Å². The lowest BCUT2D eigenvalue weighted by Crippen LogP contribution is -2.00. The van der Waals surface area contributed by atoms with Gasteiger partial charge in [-0.15, -0.1) is 11.3 Å². The molecule has 234 valence electrons. The Bertz CT molecular complexity index is 4260. The van der Waals surface area contributed by atoms with Crippen LogP contribution < -0.4 is 0 Å². The van der Waals surface area contributed by atoms with Crippen LogP contribution in [0.25, 0.3) is 98.5 Å². The number of aromatic nitrogens is 3. The largest absolute Gasteiger partial charge is 0.455 e. The van der Waals surface area contributed by atoms with Crippen LogP contribution in [0.15, 0.2) is 168 Å². The lowest BCUT2D eigenvalue weighted by atomic mass is 9.94. The maximum absolute atomic E-state index is 9.91. The molecule has 10 aromatic rings. The maximum Gasteiger partial charge on any atom is 0.167 e. The molecule has 4 nitrogen and oxygen atoms in total. The molecule has 50 heavy (non-hydrogen) atoms. The first-order valence-electron chi connectivity index (χ1n) is 27.9. The Balaban J connectivity index is 1.39. The zero-order valence-electron chi connectivity index (χ0n) is 51.7. The van der Waals surface area contributed by atoms with E-state index in [2.05, 4.69) is 15.0 Å². The molecule has 0 atom stereocenters. The molecule has 0 aliphatic carbocycles. The highest BCUT2D eigenvalue weighted by atomic mass is 32.1. The second-order valence-electron chi connectivity index (χ2n) is 10.3. The Labute approximate surface area is 329 Å². The van der Waals surface area contributed by atoms with E-state index in [0.29, 0.717) is 11.3 Å². The lowest BCUT2D eigenvalue weighted by Gasteiger charge is -2.10. The van der Waals surface area contributed by atoms with Crippen LogP contribution in [-0.4, -0.2) is 15.0 Å². The van der Waals surface area contributed by atoms with E-state index in [1.807, 2.05) is 0 Å². The van der Waals surface area contributed by atoms with E-state index >= 15 is 0 Å². The van der Waals surface area contributed by atoms with Crippen LogP contribution >= 0.6 is 11.3 Å². The van der Waals surface area contributed by atoms with E-state index < -0.39 is 242 Å². The molecule has 0 bridgehead atoms. The van der Waals surface area contributed by atoms with E-state index in [9.17, 15) is 9.60 Å². The molecule has 0 radical (unpaired) electrons. The number of hydrogen-bond acceptors (Lipinski definition) is 5. The predicted molar refractivity (Wildman–Crippen MR) is 207 cm³/mol. The van der Waals surface area contributed by atoms with Crippen LogP contribution in [0.2, 0.25) is 0 Å². The summed E-state index contributed by atoms with van der Waals surface area (Å²) in [6, 6.07) is -22.6. The van der Waals surface area contributed by atoms with Gasteiger partial charge in [0.1, 0.15) is 11.2 Å². The van der Waals surface area contributed by atoms with Crippen LogP contribution in [0.4, 0.5) is 0 Å². The molecular formula is C45H27N3OS. The number of thiophene rings is 1. The van der Waals surface area contributed by atoms with Crippen molar-refractivity contribution in [2.75, 3.05) is 0 Å². The predicted octanol–water partition coefficient (Wildman–Crippen LogP) is 12.5. The molecule has 0 fully saturated rings. The van der Waals surface area contributed by atoms with E-state index in [4.69, 9.17) is 31.8 Å². The van der Waals surface area contributed by atoms with Gasteiger partial charge >= 0.3 is 0 Å². The summed E-state index contributed by atoms with van der Waals surface area (Å²) >= 11 is 0.613. The second-order valence-corrected chi connectivity index (χ2v) is 11.3. The number of para-hydroxylation sites is 1. The third-order valence-corrected chi connectivity index (χ3v) is 8.46. The fraction of sp³-hybridized carbons (Fsp3) is 0. The minimum atomic E-state index is -0.947. The number of hydrogen-bond donors (Lipinski definition) is 0. The fourth-order valence-corrected chi connectivity index (χ4v) is 6.33. The summed E-state index contributed by atoms with van der Waals surface area (Å²) < 4.78 is 244. The van der Waals surface area contributed by atoms with Crippen molar-refractivity contribution in [3.8, 4) is 56.4 Å². The van der Waals surface area contributed by atoms with Gasteiger partial charge in [-0.05, 0) is 58.5 Å². The Morgan fingerprint density at radius 1 is 0.420 bits per heavy atom. The first kappa shape index (κ1) is 12.5. The van der Waals surface area contributed by atoms with E-state index in [1.54, 1.807) is 0 Å². The van der Waals surface area contributed by atoms with Gasteiger partial charge in [0.2, 0.25) is 0 Å². The normalized spacial score (nSPS) is 19.2. The molecule has 10 rings (SSSR count). The van der Waals surface area contributed by atoms with Crippen molar-refractivity contribution in [1.29, 1.82) is 0 Å². The first-order chi connectivity index (χ1) is 36.0. The molecule has 0 aliphatic rings. The number of furan rings is 1. The van der Waals surface area contributed by atoms with Crippen molar-refractivity contribution in [1.82, 2.24) is 15.0 Å². The average molecular weight is 685 g/mol. The Hall–Kier alpha value is -6.43. The van der Waals surface area contributed by atoms with Gasteiger partial charge in [-0.1, -0.05) is 127 Å². The molecule has 3 heterocycles. The summed E-state index contributed by atoms with van der Waals surface area (Å²) in [6.07, 6.45) is 0. The van der Waals surface area contributed by atoms with Crippen LogP contribution in [0.1, 0.15) is 37.0 Å². The topological polar surface area (TPSA) is 51.8 Å². The quantitative estimate of drug-likeness (QED) is 0.181. The van der Waals surface area contributed by atoms with Gasteiger partial charge in [0.25, 0.3) is 0 Å². The van der Waals surface area contributed by atoms with Gasteiger partial charge < -0.3 is 4.42 Å². The molecule has 0 saturated heterocycles. The zero-order chi connectivity index (χ0) is 56.5. The summed E-state index contributed by atoms with van der Waals surface area (Å²) in [6.45, 7) is 0. The SMILES string of the molecule is [2H]c1c([2H])c([2H])c(-c2nc(-c3c([2H])c([2H])c([2H])c([2H])c3[2H])nc(-c3c([2H])c([2H])c([2H])c4c3oc3c([2H])c([2H])c(-c5c([2H])c(-c6c([2H])c([2H])c([2H])c([2H])c6[2H])c([2H])c6sc7c([2H])c([2H])c([2H])c([2H])c7c56)c([2H])c34)n2)c([2H])c1[2H]. The van der Waals surface area contributed by atoms with Crippen LogP contribution in [0.3, 0.4) is 0 Å². The molecule has 7 aromatic carbocycles. The van der Waals surface area contributed by atoms with Crippen molar-refractivity contribution in [2.45, 2.75) is 0 Å². The first-order valence-corrected chi connectivity index (χ1v) is 15.2. The molecular weight excluding hydrogens is 631 g/mol. The molecule has 0 N–H and O–H groups in total. The highest BCUT2D eigenvalue weighted by Gasteiger charge is 2.19. The maximum atomic E-state index is 9.91. The van der Waals surface area contributed by atoms with E-state index in [-0.39, 0.29) is 20.2 Å². The summed E-state index contributed by atoms with van der Waals surface area (Å²) in [5.74, 6) is -2.35. The monoisotopic (exact) mass is 684 g/mol. The molecule has 5 heteroatoms. The van der Waals surface area contributed by atoms with Gasteiger partial charge in [-0.25, -0.2) is 15.0 Å². The third-order valence-electron chi connectivity index (χ3n) is 7.44. The van der Waals surface area contributed by atoms with Crippen LogP contribution in [0, 0.1) is 0 Å². The van der Waals surface area contributed by atoms with Crippen LogP contribution in [-0.2, 0) is 0 Å². The summed E-state index contributed by atoms with van der Waals surface area (Å²) in [5.41, 5.74) is -6.02. The summed E-state index contributed by atoms with van der Waals surface area (Å²) in [4.78, 5) is 12.9.